The smallest absolute Gasteiger partial charge is 0.258 e. The Morgan fingerprint density at radius 2 is 1.55 bits per heavy atom. The molecule has 0 bridgehead atoms. The monoisotopic (exact) mass is 452 g/mol. The maximum absolute atomic E-state index is 13.1. The number of hydrogen-bond acceptors (Lipinski definition) is 3. The van der Waals surface area contributed by atoms with Gasteiger partial charge in [-0.3, -0.25) is 14.4 Å². The molecule has 0 aliphatic carbocycles. The zero-order valence-corrected chi connectivity index (χ0v) is 17.9. The lowest BCUT2D eigenvalue weighted by Gasteiger charge is -2.22. The minimum Gasteiger partial charge on any atom is -0.322 e. The van der Waals surface area contributed by atoms with Crippen LogP contribution in [-0.2, 0) is 0 Å². The second kappa shape index (κ2) is 8.92. The van der Waals surface area contributed by atoms with Crippen molar-refractivity contribution in [3.8, 4) is 0 Å². The Hall–Kier alpha value is -3.15. The van der Waals surface area contributed by atoms with Crippen LogP contribution in [-0.4, -0.2) is 24.1 Å². The van der Waals surface area contributed by atoms with E-state index in [2.05, 4.69) is 5.32 Å². The third-order valence-corrected chi connectivity index (χ3v) is 5.48. The molecule has 0 aromatic heterocycles. The van der Waals surface area contributed by atoms with E-state index in [0.717, 1.165) is 0 Å². The zero-order valence-electron chi connectivity index (χ0n) is 16.4. The summed E-state index contributed by atoms with van der Waals surface area (Å²) in [6.45, 7) is 0.468. The maximum atomic E-state index is 13.1. The van der Waals surface area contributed by atoms with Crippen LogP contribution in [0.2, 0.25) is 10.0 Å². The highest BCUT2D eigenvalue weighted by atomic mass is 35.5. The third kappa shape index (κ3) is 4.63. The Balaban J connectivity index is 1.53. The normalized spacial score (nSPS) is 13.4. The Kier molecular flexibility index (Phi) is 6.07. The fraction of sp³-hybridized carbons (Fsp3) is 0.125. The molecule has 7 heteroatoms. The average molecular weight is 453 g/mol. The summed E-state index contributed by atoms with van der Waals surface area (Å²) < 4.78 is 0. The van der Waals surface area contributed by atoms with Crippen LogP contribution >= 0.6 is 23.2 Å². The van der Waals surface area contributed by atoms with Crippen molar-refractivity contribution in [3.05, 3.63) is 93.5 Å². The number of anilines is 2. The topological polar surface area (TPSA) is 66.5 Å². The summed E-state index contributed by atoms with van der Waals surface area (Å²) in [6, 6.07) is 18.4. The number of nitrogens with one attached hydrogen (secondary N) is 1. The number of para-hydroxylation sites is 1. The van der Waals surface area contributed by atoms with Gasteiger partial charge in [-0.1, -0.05) is 35.3 Å². The molecule has 4 rings (SSSR count). The molecular formula is C24H18Cl2N2O3. The molecule has 1 aliphatic heterocycles. The molecule has 0 fully saturated rings. The van der Waals surface area contributed by atoms with Crippen LogP contribution in [0.5, 0.6) is 0 Å². The number of fused-ring (bicyclic) bond motifs is 1. The SMILES string of the molecule is O=C(Nc1ccc(C(=O)N2CCCC(=O)c3ccccc32)cc1)c1cc(Cl)cc(Cl)c1. The summed E-state index contributed by atoms with van der Waals surface area (Å²) in [5, 5.41) is 3.50. The van der Waals surface area contributed by atoms with Crippen molar-refractivity contribution in [2.24, 2.45) is 0 Å². The van der Waals surface area contributed by atoms with E-state index in [4.69, 9.17) is 23.2 Å². The molecule has 156 valence electrons. The molecule has 3 aromatic carbocycles. The van der Waals surface area contributed by atoms with Crippen molar-refractivity contribution in [1.29, 1.82) is 0 Å². The van der Waals surface area contributed by atoms with Gasteiger partial charge in [0.1, 0.15) is 0 Å². The van der Waals surface area contributed by atoms with Crippen molar-refractivity contribution < 1.29 is 14.4 Å². The van der Waals surface area contributed by atoms with Gasteiger partial charge in [0, 0.05) is 45.4 Å². The summed E-state index contributed by atoms with van der Waals surface area (Å²) in [7, 11) is 0. The number of carbonyl (C=O) groups is 3. The molecule has 3 aromatic rings. The van der Waals surface area contributed by atoms with Crippen molar-refractivity contribution in [3.63, 3.8) is 0 Å². The van der Waals surface area contributed by atoms with E-state index in [1.54, 1.807) is 53.4 Å². The van der Waals surface area contributed by atoms with Gasteiger partial charge in [-0.25, -0.2) is 0 Å². The lowest BCUT2D eigenvalue weighted by molar-refractivity contribution is 0.0973. The van der Waals surface area contributed by atoms with Gasteiger partial charge in [0.25, 0.3) is 11.8 Å². The van der Waals surface area contributed by atoms with E-state index in [-0.39, 0.29) is 17.6 Å². The highest BCUT2D eigenvalue weighted by molar-refractivity contribution is 6.35. The second-order valence-corrected chi connectivity index (χ2v) is 8.06. The first-order valence-electron chi connectivity index (χ1n) is 9.74. The molecule has 5 nitrogen and oxygen atoms in total. The van der Waals surface area contributed by atoms with E-state index in [0.29, 0.717) is 57.5 Å². The molecule has 2 amide bonds. The fourth-order valence-corrected chi connectivity index (χ4v) is 4.07. The van der Waals surface area contributed by atoms with Crippen LogP contribution < -0.4 is 10.2 Å². The van der Waals surface area contributed by atoms with E-state index in [1.165, 1.54) is 12.1 Å². The molecule has 0 saturated heterocycles. The van der Waals surface area contributed by atoms with Gasteiger partial charge in [0.15, 0.2) is 5.78 Å². The Labute approximate surface area is 189 Å². The molecular weight excluding hydrogens is 435 g/mol. The van der Waals surface area contributed by atoms with Crippen LogP contribution in [0.4, 0.5) is 11.4 Å². The first-order chi connectivity index (χ1) is 14.9. The van der Waals surface area contributed by atoms with E-state index in [1.807, 2.05) is 6.07 Å². The van der Waals surface area contributed by atoms with Gasteiger partial charge < -0.3 is 10.2 Å². The summed E-state index contributed by atoms with van der Waals surface area (Å²) in [4.78, 5) is 39.6. The van der Waals surface area contributed by atoms with Crippen molar-refractivity contribution in [1.82, 2.24) is 0 Å². The van der Waals surface area contributed by atoms with Gasteiger partial charge in [-0.15, -0.1) is 0 Å². The van der Waals surface area contributed by atoms with Crippen LogP contribution in [0.3, 0.4) is 0 Å². The third-order valence-electron chi connectivity index (χ3n) is 5.04. The second-order valence-electron chi connectivity index (χ2n) is 7.19. The van der Waals surface area contributed by atoms with Gasteiger partial charge in [-0.2, -0.15) is 0 Å². The predicted molar refractivity (Wildman–Crippen MR) is 123 cm³/mol. The summed E-state index contributed by atoms with van der Waals surface area (Å²) in [5.74, 6) is -0.504. The Bertz CT molecular complexity index is 1160. The summed E-state index contributed by atoms with van der Waals surface area (Å²) in [5.41, 5.74) is 2.53. The van der Waals surface area contributed by atoms with E-state index < -0.39 is 0 Å². The van der Waals surface area contributed by atoms with E-state index in [9.17, 15) is 14.4 Å². The number of Topliss-reactive ketones (excluding diaryl/α,β-unsaturated/α-hetero) is 1. The molecule has 1 N–H and O–H groups in total. The number of hydrogen-bond donors (Lipinski definition) is 1. The average Bonchev–Trinajstić information content (AvgIpc) is 2.92. The molecule has 0 unspecified atom stereocenters. The molecule has 0 spiro atoms. The standard InChI is InChI=1S/C24H18Cl2N2O3/c25-17-12-16(13-18(26)14-17)23(30)27-19-9-7-15(8-10-19)24(31)28-11-3-6-22(29)20-4-1-2-5-21(20)28/h1-2,4-5,7-10,12-14H,3,6,11H2,(H,27,30). The van der Waals surface area contributed by atoms with Crippen LogP contribution in [0.15, 0.2) is 66.7 Å². The number of nitrogens with zero attached hydrogens (tertiary/aromatic N) is 1. The molecule has 1 aliphatic rings. The first-order valence-corrected chi connectivity index (χ1v) is 10.5. The lowest BCUT2D eigenvalue weighted by Crippen LogP contribution is -2.31. The molecule has 0 atom stereocenters. The van der Waals surface area contributed by atoms with Gasteiger partial charge >= 0.3 is 0 Å². The molecule has 1 heterocycles. The highest BCUT2D eigenvalue weighted by Gasteiger charge is 2.25. The van der Waals surface area contributed by atoms with Crippen molar-refractivity contribution in [2.75, 3.05) is 16.8 Å². The van der Waals surface area contributed by atoms with Gasteiger partial charge in [0.05, 0.1) is 5.69 Å². The minimum atomic E-state index is -0.358. The number of carbonyl (C=O) groups excluding carboxylic acids is 3. The van der Waals surface area contributed by atoms with Crippen LogP contribution in [0.25, 0.3) is 0 Å². The van der Waals surface area contributed by atoms with Crippen molar-refractivity contribution in [2.45, 2.75) is 12.8 Å². The number of halogens is 2. The Morgan fingerprint density at radius 1 is 0.871 bits per heavy atom. The van der Waals surface area contributed by atoms with Crippen LogP contribution in [0, 0.1) is 0 Å². The summed E-state index contributed by atoms with van der Waals surface area (Å²) >= 11 is 11.9. The number of amides is 2. The lowest BCUT2D eigenvalue weighted by atomic mass is 10.1. The maximum Gasteiger partial charge on any atom is 0.258 e. The zero-order chi connectivity index (χ0) is 22.0. The molecule has 0 radical (unpaired) electrons. The highest BCUT2D eigenvalue weighted by Crippen LogP contribution is 2.28. The largest absolute Gasteiger partial charge is 0.322 e. The minimum absolute atomic E-state index is 0.0464. The Morgan fingerprint density at radius 3 is 2.26 bits per heavy atom. The number of benzene rings is 3. The van der Waals surface area contributed by atoms with Crippen molar-refractivity contribution >= 4 is 52.2 Å². The quantitative estimate of drug-likeness (QED) is 0.540. The number of ketones is 1. The van der Waals surface area contributed by atoms with E-state index >= 15 is 0 Å². The molecule has 0 saturated carbocycles. The number of rotatable bonds is 3. The molecule has 31 heavy (non-hydrogen) atoms. The van der Waals surface area contributed by atoms with Gasteiger partial charge in [0.2, 0.25) is 0 Å². The van der Waals surface area contributed by atoms with Gasteiger partial charge in [-0.05, 0) is 61.0 Å². The summed E-state index contributed by atoms with van der Waals surface area (Å²) in [6.07, 6.45) is 1.02. The first kappa shape index (κ1) is 21.1. The van der Waals surface area contributed by atoms with Crippen LogP contribution in [0.1, 0.15) is 43.9 Å². The fourth-order valence-electron chi connectivity index (χ4n) is 3.55. The predicted octanol–water partition coefficient (Wildman–Crippen LogP) is 5.87.